The van der Waals surface area contributed by atoms with Crippen LogP contribution in [-0.2, 0) is 4.79 Å². The Kier molecular flexibility index (Phi) is 5.69. The first-order valence-corrected chi connectivity index (χ1v) is 10.7. The van der Waals surface area contributed by atoms with Gasteiger partial charge in [0.2, 0.25) is 5.91 Å². The Hall–Kier alpha value is -2.59. The molecule has 6 nitrogen and oxygen atoms in total. The maximum absolute atomic E-state index is 13.1. The number of aryl methyl sites for hydroxylation is 1. The molecule has 0 bridgehead atoms. The predicted octanol–water partition coefficient (Wildman–Crippen LogP) is 4.33. The minimum absolute atomic E-state index is 0.312. The maximum Gasteiger partial charge on any atom is 0.405 e. The van der Waals surface area contributed by atoms with Crippen LogP contribution in [0.15, 0.2) is 30.3 Å². The van der Waals surface area contributed by atoms with Gasteiger partial charge in [0.05, 0.1) is 21.3 Å². The van der Waals surface area contributed by atoms with Crippen molar-refractivity contribution in [3.8, 4) is 5.69 Å². The Morgan fingerprint density at radius 1 is 1.32 bits per heavy atom. The zero-order valence-corrected chi connectivity index (χ0v) is 17.9. The van der Waals surface area contributed by atoms with Crippen molar-refractivity contribution in [2.45, 2.75) is 32.0 Å². The Labute approximate surface area is 184 Å². The van der Waals surface area contributed by atoms with Gasteiger partial charge in [0, 0.05) is 11.9 Å². The largest absolute Gasteiger partial charge is 0.405 e. The van der Waals surface area contributed by atoms with Crippen LogP contribution in [0.2, 0.25) is 5.02 Å². The van der Waals surface area contributed by atoms with Gasteiger partial charge in [0.1, 0.15) is 17.4 Å². The summed E-state index contributed by atoms with van der Waals surface area (Å²) in [7, 11) is 0. The van der Waals surface area contributed by atoms with E-state index in [-0.39, 0.29) is 5.91 Å². The van der Waals surface area contributed by atoms with E-state index in [1.165, 1.54) is 16.2 Å². The zero-order chi connectivity index (χ0) is 22.3. The van der Waals surface area contributed by atoms with Crippen LogP contribution in [0.1, 0.15) is 28.2 Å². The monoisotopic (exact) mass is 470 g/mol. The van der Waals surface area contributed by atoms with Gasteiger partial charge in [0.25, 0.3) is 5.91 Å². The molecule has 1 aromatic carbocycles. The van der Waals surface area contributed by atoms with Crippen molar-refractivity contribution in [1.82, 2.24) is 20.0 Å². The van der Waals surface area contributed by atoms with Crippen LogP contribution in [0.5, 0.6) is 0 Å². The molecule has 1 saturated heterocycles. The standard InChI is InChI=1S/C20H18ClF3N4O2S/c1-11-12-9-16(31-19(12)28(26-11)14-6-3-2-5-13(14)21)18(30)27-8-4-7-15(27)17(29)25-10-20(22,23)24/h2-3,5-6,9,15H,4,7-8,10H2,1H3,(H,25,29). The third kappa shape index (κ3) is 4.27. The molecule has 1 atom stereocenters. The molecule has 0 radical (unpaired) electrons. The average molecular weight is 471 g/mol. The number of para-hydroxylation sites is 1. The van der Waals surface area contributed by atoms with Gasteiger partial charge in [-0.05, 0) is 38.0 Å². The molecule has 1 fully saturated rings. The summed E-state index contributed by atoms with van der Waals surface area (Å²) < 4.78 is 39.0. The van der Waals surface area contributed by atoms with Crippen LogP contribution < -0.4 is 5.32 Å². The van der Waals surface area contributed by atoms with Crippen molar-refractivity contribution in [3.63, 3.8) is 0 Å². The van der Waals surface area contributed by atoms with Crippen LogP contribution in [-0.4, -0.2) is 51.8 Å². The van der Waals surface area contributed by atoms with Gasteiger partial charge < -0.3 is 10.2 Å². The van der Waals surface area contributed by atoms with Crippen molar-refractivity contribution in [1.29, 1.82) is 0 Å². The molecule has 3 aromatic rings. The number of aromatic nitrogens is 2. The van der Waals surface area contributed by atoms with E-state index < -0.39 is 24.7 Å². The molecule has 1 aliphatic rings. The minimum atomic E-state index is -4.50. The molecular weight excluding hydrogens is 453 g/mol. The number of fused-ring (bicyclic) bond motifs is 1. The lowest BCUT2D eigenvalue weighted by atomic mass is 10.2. The fourth-order valence-corrected chi connectivity index (χ4v) is 5.02. The lowest BCUT2D eigenvalue weighted by Crippen LogP contribution is -2.47. The minimum Gasteiger partial charge on any atom is -0.345 e. The summed E-state index contributed by atoms with van der Waals surface area (Å²) in [5.41, 5.74) is 1.39. The molecule has 0 spiro atoms. The van der Waals surface area contributed by atoms with Crippen LogP contribution in [0.3, 0.4) is 0 Å². The number of rotatable bonds is 4. The van der Waals surface area contributed by atoms with E-state index in [1.807, 2.05) is 24.4 Å². The van der Waals surface area contributed by atoms with E-state index >= 15 is 0 Å². The molecule has 1 aliphatic heterocycles. The first-order chi connectivity index (χ1) is 14.7. The van der Waals surface area contributed by atoms with Gasteiger partial charge in [-0.2, -0.15) is 18.3 Å². The van der Waals surface area contributed by atoms with E-state index in [2.05, 4.69) is 5.10 Å². The van der Waals surface area contributed by atoms with Crippen LogP contribution >= 0.6 is 22.9 Å². The topological polar surface area (TPSA) is 67.2 Å². The number of hydrogen-bond donors (Lipinski definition) is 1. The van der Waals surface area contributed by atoms with Crippen LogP contribution in [0.25, 0.3) is 15.9 Å². The highest BCUT2D eigenvalue weighted by atomic mass is 35.5. The third-order valence-electron chi connectivity index (χ3n) is 5.12. The highest BCUT2D eigenvalue weighted by molar-refractivity contribution is 7.20. The third-order valence-corrected chi connectivity index (χ3v) is 6.53. The molecule has 2 amide bonds. The van der Waals surface area contributed by atoms with Gasteiger partial charge >= 0.3 is 6.18 Å². The number of likely N-dealkylation sites (tertiary alicyclic amines) is 1. The molecule has 31 heavy (non-hydrogen) atoms. The molecule has 1 N–H and O–H groups in total. The molecule has 11 heteroatoms. The number of amides is 2. The summed E-state index contributed by atoms with van der Waals surface area (Å²) in [6.45, 7) is 0.715. The maximum atomic E-state index is 13.1. The van der Waals surface area contributed by atoms with Gasteiger partial charge in [-0.25, -0.2) is 4.68 Å². The van der Waals surface area contributed by atoms with E-state index in [4.69, 9.17) is 11.6 Å². The summed E-state index contributed by atoms with van der Waals surface area (Å²) in [6, 6.07) is 7.99. The number of nitrogens with one attached hydrogen (secondary N) is 1. The van der Waals surface area contributed by atoms with E-state index in [9.17, 15) is 22.8 Å². The van der Waals surface area contributed by atoms with E-state index in [1.54, 1.807) is 22.9 Å². The summed E-state index contributed by atoms with van der Waals surface area (Å²) in [6.07, 6.45) is -3.63. The zero-order valence-electron chi connectivity index (χ0n) is 16.4. The predicted molar refractivity (Wildman–Crippen MR) is 112 cm³/mol. The van der Waals surface area contributed by atoms with Crippen molar-refractivity contribution >= 4 is 45.0 Å². The SMILES string of the molecule is Cc1nn(-c2ccccc2Cl)c2sc(C(=O)N3CCCC3C(=O)NCC(F)(F)F)cc12. The van der Waals surface area contributed by atoms with Gasteiger partial charge in [-0.1, -0.05) is 23.7 Å². The Balaban J connectivity index is 1.61. The van der Waals surface area contributed by atoms with Crippen LogP contribution in [0.4, 0.5) is 13.2 Å². The quantitative estimate of drug-likeness (QED) is 0.617. The Morgan fingerprint density at radius 3 is 2.77 bits per heavy atom. The molecule has 3 heterocycles. The molecule has 164 valence electrons. The molecule has 1 unspecified atom stereocenters. The van der Waals surface area contributed by atoms with E-state index in [0.717, 1.165) is 10.2 Å². The van der Waals surface area contributed by atoms with Gasteiger partial charge in [-0.3, -0.25) is 9.59 Å². The summed E-state index contributed by atoms with van der Waals surface area (Å²) >= 11 is 7.51. The fourth-order valence-electron chi connectivity index (χ4n) is 3.67. The molecule has 2 aromatic heterocycles. The highest BCUT2D eigenvalue weighted by Gasteiger charge is 2.37. The molecule has 4 rings (SSSR count). The number of nitrogens with zero attached hydrogens (tertiary/aromatic N) is 3. The molecular formula is C20H18ClF3N4O2S. The summed E-state index contributed by atoms with van der Waals surface area (Å²) in [5, 5.41) is 7.69. The number of benzene rings is 1. The second kappa shape index (κ2) is 8.16. The van der Waals surface area contributed by atoms with Crippen molar-refractivity contribution < 1.29 is 22.8 Å². The lowest BCUT2D eigenvalue weighted by Gasteiger charge is -2.23. The second-order valence-electron chi connectivity index (χ2n) is 7.27. The number of hydrogen-bond acceptors (Lipinski definition) is 4. The normalized spacial score (nSPS) is 16.8. The number of alkyl halides is 3. The highest BCUT2D eigenvalue weighted by Crippen LogP contribution is 2.34. The fraction of sp³-hybridized carbons (Fsp3) is 0.350. The molecule has 0 aliphatic carbocycles. The Morgan fingerprint density at radius 2 is 2.06 bits per heavy atom. The number of halogens is 4. The first kappa shape index (κ1) is 21.6. The summed E-state index contributed by atoms with van der Waals surface area (Å²) in [5.74, 6) is -1.17. The van der Waals surface area contributed by atoms with Gasteiger partial charge in [-0.15, -0.1) is 11.3 Å². The number of carbonyl (C=O) groups excluding carboxylic acids is 2. The molecule has 0 saturated carbocycles. The summed E-state index contributed by atoms with van der Waals surface area (Å²) in [4.78, 5) is 27.9. The van der Waals surface area contributed by atoms with Crippen molar-refractivity contribution in [2.75, 3.05) is 13.1 Å². The number of carbonyl (C=O) groups is 2. The van der Waals surface area contributed by atoms with Crippen LogP contribution in [0, 0.1) is 6.92 Å². The smallest absolute Gasteiger partial charge is 0.345 e. The van der Waals surface area contributed by atoms with Gasteiger partial charge in [0.15, 0.2) is 0 Å². The van der Waals surface area contributed by atoms with E-state index in [0.29, 0.717) is 40.7 Å². The second-order valence-corrected chi connectivity index (χ2v) is 8.71. The Bertz CT molecular complexity index is 1160. The number of thiophene rings is 1. The van der Waals surface area contributed by atoms with Crippen molar-refractivity contribution in [3.05, 3.63) is 45.9 Å². The van der Waals surface area contributed by atoms with Crippen molar-refractivity contribution in [2.24, 2.45) is 0 Å². The average Bonchev–Trinajstić information content (AvgIpc) is 3.42. The lowest BCUT2D eigenvalue weighted by molar-refractivity contribution is -0.140. The first-order valence-electron chi connectivity index (χ1n) is 9.55.